The van der Waals surface area contributed by atoms with E-state index in [1.807, 2.05) is 56.3 Å². The number of carbonyl (C=O) groups is 1. The summed E-state index contributed by atoms with van der Waals surface area (Å²) in [4.78, 5) is 13.6. The van der Waals surface area contributed by atoms with Crippen LogP contribution in [0.1, 0.15) is 38.3 Å². The molecular formula is C21H24ClNO3S. The van der Waals surface area contributed by atoms with Gasteiger partial charge in [0.05, 0.1) is 13.2 Å². The van der Waals surface area contributed by atoms with Crippen molar-refractivity contribution in [1.82, 2.24) is 5.32 Å². The van der Waals surface area contributed by atoms with Gasteiger partial charge in [0.2, 0.25) is 5.91 Å². The number of amides is 1. The molecule has 3 rings (SSSR count). The molecule has 1 atom stereocenters. The molecular weight excluding hydrogens is 382 g/mol. The van der Waals surface area contributed by atoms with Gasteiger partial charge >= 0.3 is 0 Å². The van der Waals surface area contributed by atoms with Crippen molar-refractivity contribution >= 4 is 29.3 Å². The quantitative estimate of drug-likeness (QED) is 0.667. The Hall–Kier alpha value is -1.85. The zero-order chi connectivity index (χ0) is 19.4. The fourth-order valence-electron chi connectivity index (χ4n) is 3.15. The largest absolute Gasteiger partial charge is 0.497 e. The standard InChI is InChI=1S/C21H24ClNO3S/c1-21(2)13-18(17-12-15(25-3)6-9-19(17)26-21)23-20(24)10-11-27-16-7-4-14(22)5-8-16/h4-9,12,18H,10-11,13H2,1-3H3,(H,23,24). The van der Waals surface area contributed by atoms with Gasteiger partial charge in [0.15, 0.2) is 0 Å². The zero-order valence-corrected chi connectivity index (χ0v) is 17.3. The molecule has 2 aromatic rings. The number of methoxy groups -OCH3 is 1. The minimum absolute atomic E-state index is 0.0351. The Morgan fingerprint density at radius 2 is 2.04 bits per heavy atom. The van der Waals surface area contributed by atoms with Crippen LogP contribution in [0.15, 0.2) is 47.4 Å². The topological polar surface area (TPSA) is 47.6 Å². The number of fused-ring (bicyclic) bond motifs is 1. The molecule has 0 aromatic heterocycles. The van der Waals surface area contributed by atoms with Gasteiger partial charge in [-0.3, -0.25) is 4.79 Å². The number of benzene rings is 2. The van der Waals surface area contributed by atoms with Crippen LogP contribution >= 0.6 is 23.4 Å². The Morgan fingerprint density at radius 3 is 2.74 bits per heavy atom. The van der Waals surface area contributed by atoms with Crippen LogP contribution in [0.4, 0.5) is 0 Å². The van der Waals surface area contributed by atoms with E-state index in [2.05, 4.69) is 5.32 Å². The first-order chi connectivity index (χ1) is 12.9. The number of hydrogen-bond donors (Lipinski definition) is 1. The van der Waals surface area contributed by atoms with Crippen LogP contribution in [0.2, 0.25) is 5.02 Å². The molecule has 4 nitrogen and oxygen atoms in total. The van der Waals surface area contributed by atoms with Crippen molar-refractivity contribution in [3.8, 4) is 11.5 Å². The first-order valence-electron chi connectivity index (χ1n) is 8.91. The lowest BCUT2D eigenvalue weighted by molar-refractivity contribution is -0.121. The summed E-state index contributed by atoms with van der Waals surface area (Å²) in [5, 5.41) is 3.88. The van der Waals surface area contributed by atoms with Gasteiger partial charge < -0.3 is 14.8 Å². The van der Waals surface area contributed by atoms with Gasteiger partial charge in [-0.25, -0.2) is 0 Å². The van der Waals surface area contributed by atoms with Crippen LogP contribution in [0, 0.1) is 0 Å². The highest BCUT2D eigenvalue weighted by Gasteiger charge is 2.34. The molecule has 0 saturated carbocycles. The van der Waals surface area contributed by atoms with E-state index in [1.54, 1.807) is 18.9 Å². The van der Waals surface area contributed by atoms with Crippen molar-refractivity contribution in [2.45, 2.75) is 43.2 Å². The average Bonchev–Trinajstić information content (AvgIpc) is 2.62. The fourth-order valence-corrected chi connectivity index (χ4v) is 4.13. The fraction of sp³-hybridized carbons (Fsp3) is 0.381. The van der Waals surface area contributed by atoms with E-state index < -0.39 is 0 Å². The molecule has 1 aliphatic rings. The van der Waals surface area contributed by atoms with Gasteiger partial charge in [-0.05, 0) is 56.3 Å². The van der Waals surface area contributed by atoms with E-state index in [4.69, 9.17) is 21.1 Å². The summed E-state index contributed by atoms with van der Waals surface area (Å²) in [5.74, 6) is 2.31. The number of carbonyl (C=O) groups excluding carboxylic acids is 1. The third-order valence-electron chi connectivity index (χ3n) is 4.42. The maximum atomic E-state index is 12.5. The Bertz CT molecular complexity index is 808. The van der Waals surface area contributed by atoms with Gasteiger partial charge in [0, 0.05) is 34.1 Å². The molecule has 27 heavy (non-hydrogen) atoms. The predicted octanol–water partition coefficient (Wildman–Crippen LogP) is 5.25. The number of ether oxygens (including phenoxy) is 2. The molecule has 0 fully saturated rings. The second-order valence-electron chi connectivity index (χ2n) is 7.14. The number of rotatable bonds is 6. The van der Waals surface area contributed by atoms with Crippen LogP contribution in [0.3, 0.4) is 0 Å². The smallest absolute Gasteiger partial charge is 0.221 e. The van der Waals surface area contributed by atoms with Gasteiger partial charge in [0.25, 0.3) is 0 Å². The van der Waals surface area contributed by atoms with Crippen molar-refractivity contribution in [2.24, 2.45) is 0 Å². The molecule has 144 valence electrons. The lowest BCUT2D eigenvalue weighted by Gasteiger charge is -2.38. The van der Waals surface area contributed by atoms with Crippen LogP contribution in [-0.4, -0.2) is 24.4 Å². The summed E-state index contributed by atoms with van der Waals surface area (Å²) in [6.07, 6.45) is 1.16. The SMILES string of the molecule is COc1ccc2c(c1)C(NC(=O)CCSc1ccc(Cl)cc1)CC(C)(C)O2. The normalized spacial score (nSPS) is 17.6. The Balaban J connectivity index is 1.62. The molecule has 0 spiro atoms. The molecule has 2 aromatic carbocycles. The molecule has 1 N–H and O–H groups in total. The highest BCUT2D eigenvalue weighted by molar-refractivity contribution is 7.99. The predicted molar refractivity (Wildman–Crippen MR) is 110 cm³/mol. The molecule has 1 unspecified atom stereocenters. The first-order valence-corrected chi connectivity index (χ1v) is 10.3. The van der Waals surface area contributed by atoms with Crippen molar-refractivity contribution in [1.29, 1.82) is 0 Å². The summed E-state index contributed by atoms with van der Waals surface area (Å²) in [7, 11) is 1.64. The Kier molecular flexibility index (Phi) is 6.22. The van der Waals surface area contributed by atoms with Crippen LogP contribution in [-0.2, 0) is 4.79 Å². The second kappa shape index (κ2) is 8.44. The van der Waals surface area contributed by atoms with E-state index in [1.165, 1.54) is 0 Å². The summed E-state index contributed by atoms with van der Waals surface area (Å²) >= 11 is 7.54. The average molecular weight is 406 g/mol. The molecule has 0 saturated heterocycles. The van der Waals surface area contributed by atoms with E-state index >= 15 is 0 Å². The van der Waals surface area contributed by atoms with E-state index in [0.717, 1.165) is 22.0 Å². The summed E-state index contributed by atoms with van der Waals surface area (Å²) < 4.78 is 11.4. The summed E-state index contributed by atoms with van der Waals surface area (Å²) in [6.45, 7) is 4.07. The molecule has 0 bridgehead atoms. The minimum atomic E-state index is -0.336. The molecule has 1 amide bonds. The zero-order valence-electron chi connectivity index (χ0n) is 15.8. The molecule has 1 heterocycles. The lowest BCUT2D eigenvalue weighted by Crippen LogP contribution is -2.41. The number of halogens is 1. The third-order valence-corrected chi connectivity index (χ3v) is 5.69. The van der Waals surface area contributed by atoms with E-state index in [0.29, 0.717) is 23.6 Å². The van der Waals surface area contributed by atoms with E-state index in [9.17, 15) is 4.79 Å². The second-order valence-corrected chi connectivity index (χ2v) is 8.75. The van der Waals surface area contributed by atoms with Crippen LogP contribution < -0.4 is 14.8 Å². The monoisotopic (exact) mass is 405 g/mol. The Labute approximate surface area is 169 Å². The number of hydrogen-bond acceptors (Lipinski definition) is 4. The van der Waals surface area contributed by atoms with Crippen LogP contribution in [0.25, 0.3) is 0 Å². The summed E-state index contributed by atoms with van der Waals surface area (Å²) in [5.41, 5.74) is 0.629. The highest BCUT2D eigenvalue weighted by Crippen LogP contribution is 2.41. The Morgan fingerprint density at radius 1 is 1.30 bits per heavy atom. The van der Waals surface area contributed by atoms with Crippen molar-refractivity contribution in [2.75, 3.05) is 12.9 Å². The molecule has 1 aliphatic heterocycles. The third kappa shape index (κ3) is 5.33. The van der Waals surface area contributed by atoms with Gasteiger partial charge in [-0.15, -0.1) is 11.8 Å². The van der Waals surface area contributed by atoms with Crippen LogP contribution in [0.5, 0.6) is 11.5 Å². The number of nitrogens with one attached hydrogen (secondary N) is 1. The number of thioether (sulfide) groups is 1. The highest BCUT2D eigenvalue weighted by atomic mass is 35.5. The first kappa shape index (κ1) is 19.9. The maximum absolute atomic E-state index is 12.5. The van der Waals surface area contributed by atoms with Crippen molar-refractivity contribution < 1.29 is 14.3 Å². The molecule has 0 radical (unpaired) electrons. The van der Waals surface area contributed by atoms with Gasteiger partial charge in [-0.2, -0.15) is 0 Å². The van der Waals surface area contributed by atoms with Gasteiger partial charge in [-0.1, -0.05) is 11.6 Å². The van der Waals surface area contributed by atoms with Crippen molar-refractivity contribution in [3.63, 3.8) is 0 Å². The molecule has 0 aliphatic carbocycles. The lowest BCUT2D eigenvalue weighted by atomic mass is 9.89. The van der Waals surface area contributed by atoms with Crippen molar-refractivity contribution in [3.05, 3.63) is 53.1 Å². The maximum Gasteiger partial charge on any atom is 0.221 e. The minimum Gasteiger partial charge on any atom is -0.497 e. The van der Waals surface area contributed by atoms with E-state index in [-0.39, 0.29) is 17.6 Å². The summed E-state index contributed by atoms with van der Waals surface area (Å²) in [6, 6.07) is 13.3. The molecule has 6 heteroatoms. The van der Waals surface area contributed by atoms with Gasteiger partial charge in [0.1, 0.15) is 17.1 Å².